The highest BCUT2D eigenvalue weighted by atomic mass is 16.6. The zero-order chi connectivity index (χ0) is 13.8. The highest BCUT2D eigenvalue weighted by Crippen LogP contribution is 2.20. The third kappa shape index (κ3) is 4.64. The van der Waals surface area contributed by atoms with Crippen molar-refractivity contribution in [3.8, 4) is 0 Å². The minimum atomic E-state index is -0.496. The molecule has 18 heavy (non-hydrogen) atoms. The van der Waals surface area contributed by atoms with Crippen molar-refractivity contribution >= 4 is 11.9 Å². The van der Waals surface area contributed by atoms with Gasteiger partial charge in [0.2, 0.25) is 0 Å². The van der Waals surface area contributed by atoms with Gasteiger partial charge < -0.3 is 14.4 Å². The Kier molecular flexibility index (Phi) is 5.14. The fourth-order valence-electron chi connectivity index (χ4n) is 1.84. The smallest absolute Gasteiger partial charge is 0.410 e. The number of amides is 1. The Morgan fingerprint density at radius 1 is 1.33 bits per heavy atom. The van der Waals surface area contributed by atoms with E-state index in [9.17, 15) is 9.59 Å². The second kappa shape index (κ2) is 6.18. The number of ether oxygens (including phenoxy) is 2. The Balaban J connectivity index is 2.41. The number of hydrogen-bond donors (Lipinski definition) is 0. The van der Waals surface area contributed by atoms with Crippen molar-refractivity contribution in [1.29, 1.82) is 0 Å². The normalized spacial score (nSPS) is 20.0. The number of hydrogen-bond acceptors (Lipinski definition) is 4. The Labute approximate surface area is 108 Å². The number of carbonyl (C=O) groups is 2. The Hall–Kier alpha value is -1.10. The first-order valence-corrected chi connectivity index (χ1v) is 6.42. The molecule has 5 nitrogen and oxygen atoms in total. The highest BCUT2D eigenvalue weighted by molar-refractivity contribution is 5.83. The molecule has 1 heterocycles. The quantitative estimate of drug-likeness (QED) is 0.771. The van der Waals surface area contributed by atoms with E-state index < -0.39 is 5.60 Å². The molecule has 0 N–H and O–H groups in total. The number of nitrogens with zero attached hydrogens (tertiary/aromatic N) is 1. The monoisotopic (exact) mass is 257 g/mol. The van der Waals surface area contributed by atoms with Gasteiger partial charge in [0.05, 0.1) is 0 Å². The third-order valence-electron chi connectivity index (χ3n) is 2.74. The van der Waals surface area contributed by atoms with Crippen LogP contribution in [0.4, 0.5) is 4.79 Å². The lowest BCUT2D eigenvalue weighted by atomic mass is 10.0. The molecule has 1 saturated heterocycles. The van der Waals surface area contributed by atoms with Crippen molar-refractivity contribution in [3.63, 3.8) is 0 Å². The Morgan fingerprint density at radius 2 is 2.00 bits per heavy atom. The summed E-state index contributed by atoms with van der Waals surface area (Å²) in [7, 11) is 0. The molecule has 1 aliphatic heterocycles. The van der Waals surface area contributed by atoms with E-state index >= 15 is 0 Å². The van der Waals surface area contributed by atoms with Crippen molar-refractivity contribution in [1.82, 2.24) is 4.90 Å². The van der Waals surface area contributed by atoms with Crippen LogP contribution in [0.2, 0.25) is 0 Å². The maximum atomic E-state index is 11.8. The van der Waals surface area contributed by atoms with Crippen LogP contribution in [0, 0.1) is 5.92 Å². The second-order valence-electron chi connectivity index (χ2n) is 5.52. The molecule has 1 amide bonds. The minimum absolute atomic E-state index is 0.0721. The van der Waals surface area contributed by atoms with Gasteiger partial charge in [-0.2, -0.15) is 0 Å². The SMILES string of the molecule is CCOCC(=O)[C@@H]1CCN(C(=O)OC(C)(C)C)C1. The first kappa shape index (κ1) is 15.0. The van der Waals surface area contributed by atoms with Crippen LogP contribution in [0.1, 0.15) is 34.1 Å². The summed E-state index contributed by atoms with van der Waals surface area (Å²) in [6.45, 7) is 9.06. The van der Waals surface area contributed by atoms with Crippen molar-refractivity contribution < 1.29 is 19.1 Å². The van der Waals surface area contributed by atoms with Gasteiger partial charge in [-0.05, 0) is 34.1 Å². The topological polar surface area (TPSA) is 55.8 Å². The van der Waals surface area contributed by atoms with Crippen LogP contribution in [-0.4, -0.2) is 48.7 Å². The van der Waals surface area contributed by atoms with Gasteiger partial charge in [-0.15, -0.1) is 0 Å². The number of rotatable bonds is 4. The Morgan fingerprint density at radius 3 is 2.56 bits per heavy atom. The molecule has 1 rings (SSSR count). The van der Waals surface area contributed by atoms with Gasteiger partial charge >= 0.3 is 6.09 Å². The summed E-state index contributed by atoms with van der Waals surface area (Å²) in [5.74, 6) is -0.0352. The summed E-state index contributed by atoms with van der Waals surface area (Å²) in [6.07, 6.45) is 0.361. The zero-order valence-corrected chi connectivity index (χ0v) is 11.7. The van der Waals surface area contributed by atoms with Crippen LogP contribution >= 0.6 is 0 Å². The van der Waals surface area contributed by atoms with Gasteiger partial charge in [0, 0.05) is 25.6 Å². The average molecular weight is 257 g/mol. The molecule has 0 aromatic carbocycles. The minimum Gasteiger partial charge on any atom is -0.444 e. The van der Waals surface area contributed by atoms with E-state index in [0.29, 0.717) is 26.1 Å². The molecular formula is C13H23NO4. The maximum Gasteiger partial charge on any atom is 0.410 e. The van der Waals surface area contributed by atoms with E-state index in [1.807, 2.05) is 27.7 Å². The van der Waals surface area contributed by atoms with Crippen LogP contribution in [-0.2, 0) is 14.3 Å². The molecule has 0 aromatic rings. The second-order valence-corrected chi connectivity index (χ2v) is 5.52. The molecule has 1 aliphatic rings. The number of likely N-dealkylation sites (tertiary alicyclic amines) is 1. The van der Waals surface area contributed by atoms with Gasteiger partial charge in [-0.3, -0.25) is 4.79 Å². The maximum absolute atomic E-state index is 11.8. The molecule has 1 atom stereocenters. The van der Waals surface area contributed by atoms with E-state index in [1.54, 1.807) is 4.90 Å². The lowest BCUT2D eigenvalue weighted by Crippen LogP contribution is -2.36. The van der Waals surface area contributed by atoms with E-state index in [0.717, 1.165) is 0 Å². The van der Waals surface area contributed by atoms with Crippen LogP contribution in [0.5, 0.6) is 0 Å². The predicted octanol–water partition coefficient (Wildman–Crippen LogP) is 1.85. The lowest BCUT2D eigenvalue weighted by molar-refractivity contribution is -0.126. The van der Waals surface area contributed by atoms with Gasteiger partial charge in [0.15, 0.2) is 5.78 Å². The summed E-state index contributed by atoms with van der Waals surface area (Å²) in [6, 6.07) is 0. The molecule has 0 bridgehead atoms. The molecule has 104 valence electrons. The molecule has 0 spiro atoms. The lowest BCUT2D eigenvalue weighted by Gasteiger charge is -2.24. The van der Waals surface area contributed by atoms with Gasteiger partial charge in [0.25, 0.3) is 0 Å². The Bertz CT molecular complexity index is 309. The fraction of sp³-hybridized carbons (Fsp3) is 0.846. The first-order valence-electron chi connectivity index (χ1n) is 6.42. The van der Waals surface area contributed by atoms with Crippen molar-refractivity contribution in [2.75, 3.05) is 26.3 Å². The summed E-state index contributed by atoms with van der Waals surface area (Å²) >= 11 is 0. The number of carbonyl (C=O) groups excluding carboxylic acids is 2. The summed E-state index contributed by atoms with van der Waals surface area (Å²) < 4.78 is 10.4. The summed E-state index contributed by atoms with van der Waals surface area (Å²) in [5.41, 5.74) is -0.496. The summed E-state index contributed by atoms with van der Waals surface area (Å²) in [4.78, 5) is 25.2. The van der Waals surface area contributed by atoms with Crippen LogP contribution < -0.4 is 0 Å². The summed E-state index contributed by atoms with van der Waals surface area (Å²) in [5, 5.41) is 0. The predicted molar refractivity (Wildman–Crippen MR) is 67.4 cm³/mol. The first-order chi connectivity index (χ1) is 8.33. The molecule has 0 saturated carbocycles. The molecule has 0 radical (unpaired) electrons. The largest absolute Gasteiger partial charge is 0.444 e. The van der Waals surface area contributed by atoms with Crippen LogP contribution in [0.15, 0.2) is 0 Å². The van der Waals surface area contributed by atoms with Crippen molar-refractivity contribution in [2.45, 2.75) is 39.7 Å². The van der Waals surface area contributed by atoms with Gasteiger partial charge in [0.1, 0.15) is 12.2 Å². The van der Waals surface area contributed by atoms with Crippen LogP contribution in [0.3, 0.4) is 0 Å². The average Bonchev–Trinajstić information content (AvgIpc) is 2.72. The fourth-order valence-corrected chi connectivity index (χ4v) is 1.84. The number of ketones is 1. The van der Waals surface area contributed by atoms with Crippen molar-refractivity contribution in [3.05, 3.63) is 0 Å². The van der Waals surface area contributed by atoms with Crippen LogP contribution in [0.25, 0.3) is 0 Å². The molecule has 5 heteroatoms. The van der Waals surface area contributed by atoms with Crippen molar-refractivity contribution in [2.24, 2.45) is 5.92 Å². The van der Waals surface area contributed by atoms with Gasteiger partial charge in [-0.1, -0.05) is 0 Å². The highest BCUT2D eigenvalue weighted by Gasteiger charge is 2.33. The van der Waals surface area contributed by atoms with E-state index in [4.69, 9.17) is 9.47 Å². The van der Waals surface area contributed by atoms with E-state index in [2.05, 4.69) is 0 Å². The molecular weight excluding hydrogens is 234 g/mol. The standard InChI is InChI=1S/C13H23NO4/c1-5-17-9-11(15)10-6-7-14(8-10)12(16)18-13(2,3)4/h10H,5-9H2,1-4H3/t10-/m1/s1. The van der Waals surface area contributed by atoms with E-state index in [1.165, 1.54) is 0 Å². The molecule has 0 aliphatic carbocycles. The third-order valence-corrected chi connectivity index (χ3v) is 2.74. The zero-order valence-electron chi connectivity index (χ0n) is 11.7. The molecule has 1 fully saturated rings. The van der Waals surface area contributed by atoms with Gasteiger partial charge in [-0.25, -0.2) is 4.79 Å². The molecule has 0 aromatic heterocycles. The number of Topliss-reactive ketones (excluding diaryl/α,β-unsaturated/α-hetero) is 1. The molecule has 0 unspecified atom stereocenters. The van der Waals surface area contributed by atoms with E-state index in [-0.39, 0.29) is 24.4 Å².